The van der Waals surface area contributed by atoms with Crippen LogP contribution < -0.4 is 20.4 Å². The highest BCUT2D eigenvalue weighted by molar-refractivity contribution is 7.80. The van der Waals surface area contributed by atoms with E-state index in [0.29, 0.717) is 11.1 Å². The number of thiocarbonyl (C=S) groups is 1. The van der Waals surface area contributed by atoms with Gasteiger partial charge in [-0.15, -0.1) is 0 Å². The summed E-state index contributed by atoms with van der Waals surface area (Å²) in [6.07, 6.45) is 8.62. The molecule has 2 fully saturated rings. The predicted molar refractivity (Wildman–Crippen MR) is 109 cm³/mol. The number of anilines is 3. The molecular formula is C18H30N6S. The fourth-order valence-corrected chi connectivity index (χ4v) is 3.63. The Morgan fingerprint density at radius 2 is 1.48 bits per heavy atom. The molecule has 7 heteroatoms. The standard InChI is InChI=1S/C18H30N6S/c1-2-9-19-18(25)22-17-20-15(23-10-5-3-6-11-23)14-16(21-17)24-12-7-4-8-13-24/h14H,2-13H2,1H3,(H2,19,20,21,22,25). The van der Waals surface area contributed by atoms with E-state index >= 15 is 0 Å². The molecule has 2 saturated heterocycles. The third kappa shape index (κ3) is 5.17. The third-order valence-corrected chi connectivity index (χ3v) is 5.07. The maximum absolute atomic E-state index is 5.37. The molecule has 0 unspecified atom stereocenters. The molecule has 1 aromatic rings. The molecular weight excluding hydrogens is 332 g/mol. The van der Waals surface area contributed by atoms with E-state index in [2.05, 4.69) is 33.4 Å². The van der Waals surface area contributed by atoms with Crippen molar-refractivity contribution in [3.63, 3.8) is 0 Å². The highest BCUT2D eigenvalue weighted by Crippen LogP contribution is 2.25. The fraction of sp³-hybridized carbons (Fsp3) is 0.722. The zero-order valence-electron chi connectivity index (χ0n) is 15.3. The number of nitrogens with zero attached hydrogens (tertiary/aromatic N) is 4. The van der Waals surface area contributed by atoms with Gasteiger partial charge in [0.2, 0.25) is 5.95 Å². The van der Waals surface area contributed by atoms with E-state index in [9.17, 15) is 0 Å². The number of hydrogen-bond acceptors (Lipinski definition) is 5. The molecule has 2 N–H and O–H groups in total. The predicted octanol–water partition coefficient (Wildman–Crippen LogP) is 3.15. The first kappa shape index (κ1) is 18.2. The van der Waals surface area contributed by atoms with Gasteiger partial charge in [0.1, 0.15) is 11.6 Å². The minimum atomic E-state index is 0.599. The normalized spacial score (nSPS) is 18.1. The second kappa shape index (κ2) is 9.17. The number of rotatable bonds is 5. The lowest BCUT2D eigenvalue weighted by molar-refractivity contribution is 0.567. The van der Waals surface area contributed by atoms with E-state index in [4.69, 9.17) is 22.2 Å². The van der Waals surface area contributed by atoms with Crippen LogP contribution in [0.3, 0.4) is 0 Å². The lowest BCUT2D eigenvalue weighted by atomic mass is 10.1. The number of aromatic nitrogens is 2. The van der Waals surface area contributed by atoms with Gasteiger partial charge in [-0.2, -0.15) is 9.97 Å². The highest BCUT2D eigenvalue weighted by atomic mass is 32.1. The van der Waals surface area contributed by atoms with E-state index < -0.39 is 0 Å². The molecule has 2 aliphatic heterocycles. The van der Waals surface area contributed by atoms with Crippen molar-refractivity contribution < 1.29 is 0 Å². The molecule has 0 atom stereocenters. The average Bonchev–Trinajstić information content (AvgIpc) is 2.67. The van der Waals surface area contributed by atoms with Crippen LogP contribution in [-0.2, 0) is 0 Å². The Balaban J connectivity index is 1.80. The minimum absolute atomic E-state index is 0.599. The van der Waals surface area contributed by atoms with Gasteiger partial charge in [-0.3, -0.25) is 0 Å². The SMILES string of the molecule is CCCNC(=S)Nc1nc(N2CCCCC2)cc(N2CCCCC2)n1. The summed E-state index contributed by atoms with van der Waals surface area (Å²) in [5.74, 6) is 2.66. The quantitative estimate of drug-likeness (QED) is 0.780. The van der Waals surface area contributed by atoms with Crippen molar-refractivity contribution in [1.29, 1.82) is 0 Å². The number of hydrogen-bond donors (Lipinski definition) is 2. The molecule has 0 bridgehead atoms. The minimum Gasteiger partial charge on any atom is -0.362 e. The van der Waals surface area contributed by atoms with Gasteiger partial charge in [0.15, 0.2) is 5.11 Å². The molecule has 0 aliphatic carbocycles. The fourth-order valence-electron chi connectivity index (χ4n) is 3.43. The molecule has 0 saturated carbocycles. The molecule has 6 nitrogen and oxygen atoms in total. The summed E-state index contributed by atoms with van der Waals surface area (Å²) >= 11 is 5.37. The summed E-state index contributed by atoms with van der Waals surface area (Å²) < 4.78 is 0. The van der Waals surface area contributed by atoms with Crippen LogP contribution in [0.2, 0.25) is 0 Å². The maximum Gasteiger partial charge on any atom is 0.232 e. The van der Waals surface area contributed by atoms with Crippen molar-refractivity contribution in [3.8, 4) is 0 Å². The molecule has 0 radical (unpaired) electrons. The van der Waals surface area contributed by atoms with Gasteiger partial charge in [-0.25, -0.2) is 0 Å². The van der Waals surface area contributed by atoms with E-state index in [0.717, 1.165) is 50.8 Å². The largest absolute Gasteiger partial charge is 0.362 e. The summed E-state index contributed by atoms with van der Waals surface area (Å²) in [6, 6.07) is 2.16. The van der Waals surface area contributed by atoms with E-state index in [-0.39, 0.29) is 0 Å². The molecule has 3 rings (SSSR count). The Hall–Kier alpha value is -1.63. The lowest BCUT2D eigenvalue weighted by Gasteiger charge is -2.31. The van der Waals surface area contributed by atoms with Crippen LogP contribution in [-0.4, -0.2) is 47.8 Å². The first-order valence-electron chi connectivity index (χ1n) is 9.70. The number of nitrogens with one attached hydrogen (secondary N) is 2. The molecule has 0 amide bonds. The smallest absolute Gasteiger partial charge is 0.232 e. The van der Waals surface area contributed by atoms with Crippen molar-refractivity contribution in [2.45, 2.75) is 51.9 Å². The molecule has 138 valence electrons. The van der Waals surface area contributed by atoms with Crippen LogP contribution in [0.4, 0.5) is 17.6 Å². The topological polar surface area (TPSA) is 56.3 Å². The average molecular weight is 363 g/mol. The van der Waals surface area contributed by atoms with Gasteiger partial charge in [-0.1, -0.05) is 6.92 Å². The molecule has 0 aromatic carbocycles. The van der Waals surface area contributed by atoms with Crippen LogP contribution in [0.25, 0.3) is 0 Å². The third-order valence-electron chi connectivity index (χ3n) is 4.82. The summed E-state index contributed by atoms with van der Waals surface area (Å²) in [4.78, 5) is 14.3. The van der Waals surface area contributed by atoms with Gasteiger partial charge in [0.25, 0.3) is 0 Å². The molecule has 25 heavy (non-hydrogen) atoms. The summed E-state index contributed by atoms with van der Waals surface area (Å²) in [5, 5.41) is 6.97. The zero-order valence-corrected chi connectivity index (χ0v) is 16.1. The van der Waals surface area contributed by atoms with Crippen LogP contribution in [0.15, 0.2) is 6.07 Å². The Labute approximate surface area is 156 Å². The Bertz CT molecular complexity index is 530. The van der Waals surface area contributed by atoms with Crippen molar-refractivity contribution in [2.75, 3.05) is 47.8 Å². The first-order valence-corrected chi connectivity index (χ1v) is 10.1. The van der Waals surface area contributed by atoms with Crippen LogP contribution >= 0.6 is 12.2 Å². The van der Waals surface area contributed by atoms with Crippen LogP contribution in [0, 0.1) is 0 Å². The number of piperidine rings is 2. The van der Waals surface area contributed by atoms with Gasteiger partial charge < -0.3 is 20.4 Å². The Morgan fingerprint density at radius 1 is 0.960 bits per heavy atom. The Morgan fingerprint density at radius 3 is 1.96 bits per heavy atom. The van der Waals surface area contributed by atoms with Crippen LogP contribution in [0.1, 0.15) is 51.9 Å². The lowest BCUT2D eigenvalue weighted by Crippen LogP contribution is -2.34. The summed E-state index contributed by atoms with van der Waals surface area (Å²) in [6.45, 7) is 7.29. The molecule has 3 heterocycles. The van der Waals surface area contributed by atoms with E-state index in [1.54, 1.807) is 0 Å². The van der Waals surface area contributed by atoms with Gasteiger partial charge in [0, 0.05) is 38.8 Å². The molecule has 1 aromatic heterocycles. The van der Waals surface area contributed by atoms with E-state index in [1.807, 2.05) is 0 Å². The first-order chi connectivity index (χ1) is 12.3. The highest BCUT2D eigenvalue weighted by Gasteiger charge is 2.19. The Kier molecular flexibility index (Phi) is 6.67. The van der Waals surface area contributed by atoms with Crippen molar-refractivity contribution in [1.82, 2.24) is 15.3 Å². The van der Waals surface area contributed by atoms with Gasteiger partial charge in [-0.05, 0) is 57.2 Å². The second-order valence-corrected chi connectivity index (χ2v) is 7.29. The van der Waals surface area contributed by atoms with Gasteiger partial charge >= 0.3 is 0 Å². The summed E-state index contributed by atoms with van der Waals surface area (Å²) in [5.41, 5.74) is 0. The van der Waals surface area contributed by atoms with Crippen molar-refractivity contribution >= 4 is 34.9 Å². The summed E-state index contributed by atoms with van der Waals surface area (Å²) in [7, 11) is 0. The van der Waals surface area contributed by atoms with E-state index in [1.165, 1.54) is 38.5 Å². The molecule has 2 aliphatic rings. The monoisotopic (exact) mass is 362 g/mol. The zero-order chi connectivity index (χ0) is 17.5. The van der Waals surface area contributed by atoms with Gasteiger partial charge in [0.05, 0.1) is 0 Å². The second-order valence-electron chi connectivity index (χ2n) is 6.88. The van der Waals surface area contributed by atoms with Crippen molar-refractivity contribution in [3.05, 3.63) is 6.07 Å². The molecule has 0 spiro atoms. The van der Waals surface area contributed by atoms with Crippen LogP contribution in [0.5, 0.6) is 0 Å². The van der Waals surface area contributed by atoms with Crippen molar-refractivity contribution in [2.24, 2.45) is 0 Å². The maximum atomic E-state index is 5.37.